The summed E-state index contributed by atoms with van der Waals surface area (Å²) in [6.07, 6.45) is 4.84. The molecule has 2 saturated heterocycles. The third-order valence-electron chi connectivity index (χ3n) is 7.57. The highest BCUT2D eigenvalue weighted by Crippen LogP contribution is 2.36. The zero-order chi connectivity index (χ0) is 25.9. The highest BCUT2D eigenvalue weighted by Gasteiger charge is 2.41. The zero-order valence-electron chi connectivity index (χ0n) is 21.6. The first-order valence-corrected chi connectivity index (χ1v) is 15.1. The highest BCUT2D eigenvalue weighted by molar-refractivity contribution is 7.99. The second-order valence-corrected chi connectivity index (χ2v) is 12.8. The van der Waals surface area contributed by atoms with Crippen molar-refractivity contribution in [3.63, 3.8) is 0 Å². The van der Waals surface area contributed by atoms with Gasteiger partial charge in [0.25, 0.3) is 0 Å². The van der Waals surface area contributed by atoms with E-state index >= 15 is 0 Å². The Labute approximate surface area is 232 Å². The van der Waals surface area contributed by atoms with Gasteiger partial charge in [-0.25, -0.2) is 9.97 Å². The summed E-state index contributed by atoms with van der Waals surface area (Å²) in [6.45, 7) is 6.04. The molecule has 2 atom stereocenters. The lowest BCUT2D eigenvalue weighted by Crippen LogP contribution is -2.50. The van der Waals surface area contributed by atoms with Crippen molar-refractivity contribution in [1.29, 1.82) is 0 Å². The third kappa shape index (κ3) is 5.94. The van der Waals surface area contributed by atoms with Crippen LogP contribution in [0.2, 0.25) is 0 Å². The quantitative estimate of drug-likeness (QED) is 0.316. The monoisotopic (exact) mass is 543 g/mol. The van der Waals surface area contributed by atoms with Gasteiger partial charge in [-0.1, -0.05) is 36.4 Å². The molecule has 6 rings (SSSR count). The van der Waals surface area contributed by atoms with Crippen LogP contribution in [-0.4, -0.2) is 62.6 Å². The van der Waals surface area contributed by atoms with Crippen LogP contribution in [0.4, 0.5) is 5.69 Å². The Bertz CT molecular complexity index is 1370. The Balaban J connectivity index is 1.15. The Morgan fingerprint density at radius 2 is 1.89 bits per heavy atom. The molecule has 0 bridgehead atoms. The Morgan fingerprint density at radius 1 is 1.08 bits per heavy atom. The molecule has 6 nitrogen and oxygen atoms in total. The van der Waals surface area contributed by atoms with Crippen molar-refractivity contribution < 1.29 is 4.79 Å². The number of likely N-dealkylation sites (tertiary alicyclic amines) is 2. The second-order valence-electron chi connectivity index (χ2n) is 10.3. The molecule has 0 spiro atoms. The van der Waals surface area contributed by atoms with Crippen LogP contribution in [0.15, 0.2) is 78.0 Å². The van der Waals surface area contributed by atoms with Gasteiger partial charge in [-0.15, -0.1) is 23.1 Å². The number of piperidine rings is 1. The number of anilines is 1. The summed E-state index contributed by atoms with van der Waals surface area (Å²) in [5.74, 6) is 0.0899. The first-order chi connectivity index (χ1) is 18.6. The zero-order valence-corrected chi connectivity index (χ0v) is 23.3. The van der Waals surface area contributed by atoms with Crippen LogP contribution in [0.3, 0.4) is 0 Å². The van der Waals surface area contributed by atoms with Gasteiger partial charge in [0.15, 0.2) is 0 Å². The molecule has 2 aromatic heterocycles. The molecule has 0 unspecified atom stereocenters. The molecule has 0 radical (unpaired) electrons. The molecule has 4 aromatic rings. The van der Waals surface area contributed by atoms with Gasteiger partial charge in [-0.05, 0) is 75.2 Å². The minimum atomic E-state index is -0.144. The number of carbonyl (C=O) groups is 1. The summed E-state index contributed by atoms with van der Waals surface area (Å²) in [5.41, 5.74) is 3.14. The topological polar surface area (TPSA) is 61.4 Å². The molecular weight excluding hydrogens is 510 g/mol. The van der Waals surface area contributed by atoms with Crippen molar-refractivity contribution in [3.05, 3.63) is 83.5 Å². The van der Waals surface area contributed by atoms with Gasteiger partial charge in [0.05, 0.1) is 26.3 Å². The van der Waals surface area contributed by atoms with E-state index in [-0.39, 0.29) is 11.9 Å². The molecular formula is C30H33N5OS2. The minimum absolute atomic E-state index is 0.0899. The molecule has 2 aromatic carbocycles. The van der Waals surface area contributed by atoms with Crippen molar-refractivity contribution in [1.82, 2.24) is 19.8 Å². The fourth-order valence-corrected chi connectivity index (χ4v) is 7.71. The number of pyridine rings is 1. The SMILES string of the molecule is Cc1nc2cc(NC(=O)[C@@H]3C[C@@H](Sc4ccccn4)CN3C3CCN(Cc4ccccc4)CC3)ccc2s1. The van der Waals surface area contributed by atoms with Crippen LogP contribution in [0, 0.1) is 6.92 Å². The number of thiazole rings is 1. The van der Waals surface area contributed by atoms with Gasteiger partial charge in [-0.3, -0.25) is 14.6 Å². The van der Waals surface area contributed by atoms with E-state index in [0.717, 1.165) is 71.4 Å². The first-order valence-electron chi connectivity index (χ1n) is 13.4. The first kappa shape index (κ1) is 25.5. The predicted molar refractivity (Wildman–Crippen MR) is 157 cm³/mol. The van der Waals surface area contributed by atoms with E-state index in [2.05, 4.69) is 67.5 Å². The molecule has 2 fully saturated rings. The van der Waals surface area contributed by atoms with Crippen molar-refractivity contribution in [2.24, 2.45) is 0 Å². The Hall–Kier alpha value is -2.78. The lowest BCUT2D eigenvalue weighted by molar-refractivity contribution is -0.121. The van der Waals surface area contributed by atoms with Crippen LogP contribution in [0.1, 0.15) is 29.8 Å². The normalized spacial score (nSPS) is 21.2. The average Bonchev–Trinajstić information content (AvgIpc) is 3.53. The Kier molecular flexibility index (Phi) is 7.74. The number of aromatic nitrogens is 2. The fourth-order valence-electron chi connectivity index (χ4n) is 5.75. The summed E-state index contributed by atoms with van der Waals surface area (Å²) in [7, 11) is 0. The molecule has 4 heterocycles. The highest BCUT2D eigenvalue weighted by atomic mass is 32.2. The molecule has 2 aliphatic rings. The molecule has 1 amide bonds. The minimum Gasteiger partial charge on any atom is -0.325 e. The standard InChI is InChI=1S/C30H33N5OS2/c1-21-32-26-17-23(10-11-28(26)37-21)33-30(36)27-18-25(38-29-9-5-6-14-31-29)20-35(27)24-12-15-34(16-13-24)19-22-7-3-2-4-8-22/h2-11,14,17,24-25,27H,12-13,15-16,18-20H2,1H3,(H,33,36)/t25-,27+/m1/s1. The lowest BCUT2D eigenvalue weighted by atomic mass is 10.0. The molecule has 8 heteroatoms. The van der Waals surface area contributed by atoms with Crippen molar-refractivity contribution in [3.8, 4) is 0 Å². The van der Waals surface area contributed by atoms with E-state index < -0.39 is 0 Å². The third-order valence-corrected chi connectivity index (χ3v) is 9.68. The van der Waals surface area contributed by atoms with E-state index in [9.17, 15) is 4.79 Å². The van der Waals surface area contributed by atoms with Crippen LogP contribution in [-0.2, 0) is 11.3 Å². The summed E-state index contributed by atoms with van der Waals surface area (Å²) >= 11 is 3.48. The van der Waals surface area contributed by atoms with Gasteiger partial charge >= 0.3 is 0 Å². The Morgan fingerprint density at radius 3 is 2.68 bits per heavy atom. The number of amides is 1. The maximum Gasteiger partial charge on any atom is 0.241 e. The number of hydrogen-bond acceptors (Lipinski definition) is 7. The maximum absolute atomic E-state index is 13.7. The van der Waals surface area contributed by atoms with E-state index in [4.69, 9.17) is 0 Å². The number of nitrogens with one attached hydrogen (secondary N) is 1. The number of thioether (sulfide) groups is 1. The van der Waals surface area contributed by atoms with Crippen molar-refractivity contribution in [2.45, 2.75) is 55.1 Å². The predicted octanol–water partition coefficient (Wildman–Crippen LogP) is 5.84. The number of nitrogens with zero attached hydrogens (tertiary/aromatic N) is 4. The van der Waals surface area contributed by atoms with Gasteiger partial charge < -0.3 is 5.32 Å². The molecule has 1 N–H and O–H groups in total. The van der Waals surface area contributed by atoms with Gasteiger partial charge in [-0.2, -0.15) is 0 Å². The van der Waals surface area contributed by atoms with Crippen LogP contribution in [0.5, 0.6) is 0 Å². The number of carbonyl (C=O) groups excluding carboxylic acids is 1. The molecule has 2 aliphatic heterocycles. The molecule has 196 valence electrons. The van der Waals surface area contributed by atoms with E-state index in [1.807, 2.05) is 37.4 Å². The largest absolute Gasteiger partial charge is 0.325 e. The van der Waals surface area contributed by atoms with E-state index in [0.29, 0.717) is 11.3 Å². The van der Waals surface area contributed by atoms with E-state index in [1.54, 1.807) is 23.1 Å². The van der Waals surface area contributed by atoms with Gasteiger partial charge in [0, 0.05) is 36.3 Å². The van der Waals surface area contributed by atoms with Crippen LogP contribution in [0.25, 0.3) is 10.2 Å². The van der Waals surface area contributed by atoms with Crippen molar-refractivity contribution >= 4 is 44.9 Å². The van der Waals surface area contributed by atoms with Crippen LogP contribution < -0.4 is 5.32 Å². The number of rotatable bonds is 7. The molecule has 0 aliphatic carbocycles. The molecule has 38 heavy (non-hydrogen) atoms. The summed E-state index contributed by atoms with van der Waals surface area (Å²) in [4.78, 5) is 27.9. The number of fused-ring (bicyclic) bond motifs is 1. The second kappa shape index (κ2) is 11.5. The lowest BCUT2D eigenvalue weighted by Gasteiger charge is -2.39. The van der Waals surface area contributed by atoms with Crippen LogP contribution >= 0.6 is 23.1 Å². The maximum atomic E-state index is 13.7. The number of benzene rings is 2. The average molecular weight is 544 g/mol. The summed E-state index contributed by atoms with van der Waals surface area (Å²) in [6, 6.07) is 23.1. The number of aryl methyl sites for hydroxylation is 1. The molecule has 0 saturated carbocycles. The van der Waals surface area contributed by atoms with Gasteiger partial charge in [0.1, 0.15) is 0 Å². The summed E-state index contributed by atoms with van der Waals surface area (Å²) < 4.78 is 1.15. The summed E-state index contributed by atoms with van der Waals surface area (Å²) in [5, 5.41) is 5.64. The van der Waals surface area contributed by atoms with Gasteiger partial charge in [0.2, 0.25) is 5.91 Å². The fraction of sp³-hybridized carbons (Fsp3) is 0.367. The van der Waals surface area contributed by atoms with Crippen molar-refractivity contribution in [2.75, 3.05) is 25.0 Å². The number of hydrogen-bond donors (Lipinski definition) is 1. The smallest absolute Gasteiger partial charge is 0.241 e. The van der Waals surface area contributed by atoms with E-state index in [1.165, 1.54) is 5.56 Å².